The Morgan fingerprint density at radius 3 is 2.92 bits per heavy atom. The molecule has 0 radical (unpaired) electrons. The van der Waals surface area contributed by atoms with Crippen molar-refractivity contribution in [2.75, 3.05) is 18.5 Å². The molecule has 1 fully saturated rings. The predicted octanol–water partition coefficient (Wildman–Crippen LogP) is 3.95. The molecule has 0 bridgehead atoms. The topological polar surface area (TPSA) is 47.6 Å². The molecule has 5 heteroatoms. The second-order valence-electron chi connectivity index (χ2n) is 6.15. The van der Waals surface area contributed by atoms with Crippen LogP contribution in [-0.2, 0) is 16.0 Å². The van der Waals surface area contributed by atoms with Crippen molar-refractivity contribution in [2.24, 2.45) is 0 Å². The van der Waals surface area contributed by atoms with E-state index in [0.717, 1.165) is 25.0 Å². The summed E-state index contributed by atoms with van der Waals surface area (Å²) < 4.78 is 24.4. The fourth-order valence-electron chi connectivity index (χ4n) is 2.80. The Morgan fingerprint density at radius 1 is 1.24 bits per heavy atom. The van der Waals surface area contributed by atoms with Crippen LogP contribution < -0.4 is 10.1 Å². The maximum atomic E-state index is 13.1. The fraction of sp³-hybridized carbons (Fsp3) is 0.350. The summed E-state index contributed by atoms with van der Waals surface area (Å²) >= 11 is 0. The number of benzene rings is 2. The lowest BCUT2D eigenvalue weighted by atomic mass is 10.1. The molecule has 0 aromatic heterocycles. The second kappa shape index (κ2) is 8.62. The summed E-state index contributed by atoms with van der Waals surface area (Å²) in [6, 6.07) is 13.6. The molecule has 0 spiro atoms. The van der Waals surface area contributed by atoms with Crippen LogP contribution in [0.5, 0.6) is 5.75 Å². The maximum absolute atomic E-state index is 13.1. The molecular formula is C20H22FNO3. The Hall–Kier alpha value is -2.40. The normalized spacial score (nSPS) is 16.6. The fourth-order valence-corrected chi connectivity index (χ4v) is 2.80. The molecule has 4 nitrogen and oxygen atoms in total. The number of halogens is 1. The number of carbonyl (C=O) groups is 1. The zero-order chi connectivity index (χ0) is 17.5. The standard InChI is InChI=1S/C20H22FNO3/c21-16-5-1-4-15(12-16)9-10-20(23)22-17-6-2-7-18(13-17)25-14-19-8-3-11-24-19/h1-2,4-7,12-13,19H,3,8-11,14H2,(H,22,23). The van der Waals surface area contributed by atoms with Gasteiger partial charge >= 0.3 is 0 Å². The Kier molecular flexibility index (Phi) is 6.01. The van der Waals surface area contributed by atoms with E-state index in [1.807, 2.05) is 24.3 Å². The van der Waals surface area contributed by atoms with Crippen molar-refractivity contribution in [3.05, 3.63) is 59.9 Å². The molecule has 0 aliphatic carbocycles. The van der Waals surface area contributed by atoms with Crippen LogP contribution in [0.2, 0.25) is 0 Å². The van der Waals surface area contributed by atoms with E-state index in [1.54, 1.807) is 12.1 Å². The van der Waals surface area contributed by atoms with Crippen LogP contribution in [0.4, 0.5) is 10.1 Å². The lowest BCUT2D eigenvalue weighted by Crippen LogP contribution is -2.16. The van der Waals surface area contributed by atoms with Gasteiger partial charge < -0.3 is 14.8 Å². The van der Waals surface area contributed by atoms with Crippen LogP contribution in [0.25, 0.3) is 0 Å². The highest BCUT2D eigenvalue weighted by molar-refractivity contribution is 5.91. The summed E-state index contributed by atoms with van der Waals surface area (Å²) in [5.41, 5.74) is 1.50. The molecule has 2 aromatic rings. The highest BCUT2D eigenvalue weighted by Crippen LogP contribution is 2.20. The van der Waals surface area contributed by atoms with E-state index in [9.17, 15) is 9.18 Å². The highest BCUT2D eigenvalue weighted by atomic mass is 19.1. The summed E-state index contributed by atoms with van der Waals surface area (Å²) in [7, 11) is 0. The van der Waals surface area contributed by atoms with Gasteiger partial charge in [0.2, 0.25) is 5.91 Å². The second-order valence-corrected chi connectivity index (χ2v) is 6.15. The zero-order valence-corrected chi connectivity index (χ0v) is 14.0. The van der Waals surface area contributed by atoms with Crippen molar-refractivity contribution < 1.29 is 18.7 Å². The molecule has 1 heterocycles. The van der Waals surface area contributed by atoms with Crippen molar-refractivity contribution in [1.29, 1.82) is 0 Å². The molecule has 2 aromatic carbocycles. The zero-order valence-electron chi connectivity index (χ0n) is 14.0. The van der Waals surface area contributed by atoms with Crippen molar-refractivity contribution in [2.45, 2.75) is 31.8 Å². The quantitative estimate of drug-likeness (QED) is 0.828. The monoisotopic (exact) mass is 343 g/mol. The van der Waals surface area contributed by atoms with Crippen LogP contribution in [0.3, 0.4) is 0 Å². The first-order chi connectivity index (χ1) is 12.2. The van der Waals surface area contributed by atoms with Gasteiger partial charge in [0.15, 0.2) is 0 Å². The summed E-state index contributed by atoms with van der Waals surface area (Å²) in [4.78, 5) is 12.1. The number of ether oxygens (including phenoxy) is 2. The van der Waals surface area contributed by atoms with E-state index in [0.29, 0.717) is 30.9 Å². The van der Waals surface area contributed by atoms with Gasteiger partial charge in [-0.25, -0.2) is 4.39 Å². The number of aryl methyl sites for hydroxylation is 1. The number of rotatable bonds is 7. The van der Waals surface area contributed by atoms with Crippen molar-refractivity contribution in [3.63, 3.8) is 0 Å². The summed E-state index contributed by atoms with van der Waals surface area (Å²) in [6.07, 6.45) is 3.05. The molecule has 1 saturated heterocycles. The lowest BCUT2D eigenvalue weighted by Gasteiger charge is -2.12. The Labute approximate surface area is 147 Å². The van der Waals surface area contributed by atoms with E-state index >= 15 is 0 Å². The Morgan fingerprint density at radius 2 is 2.12 bits per heavy atom. The number of nitrogens with one attached hydrogen (secondary N) is 1. The minimum Gasteiger partial charge on any atom is -0.491 e. The first-order valence-electron chi connectivity index (χ1n) is 8.58. The van der Waals surface area contributed by atoms with E-state index in [4.69, 9.17) is 9.47 Å². The van der Waals surface area contributed by atoms with Gasteiger partial charge in [-0.15, -0.1) is 0 Å². The molecule has 3 rings (SSSR count). The van der Waals surface area contributed by atoms with Gasteiger partial charge in [0.25, 0.3) is 0 Å². The Bertz CT molecular complexity index is 714. The maximum Gasteiger partial charge on any atom is 0.224 e. The molecule has 1 aliphatic rings. The third kappa shape index (κ3) is 5.57. The molecule has 1 aliphatic heterocycles. The molecule has 1 N–H and O–H groups in total. The van der Waals surface area contributed by atoms with Gasteiger partial charge in [0, 0.05) is 24.8 Å². The van der Waals surface area contributed by atoms with Crippen LogP contribution >= 0.6 is 0 Å². The van der Waals surface area contributed by atoms with Crippen molar-refractivity contribution in [1.82, 2.24) is 0 Å². The number of hydrogen-bond acceptors (Lipinski definition) is 3. The van der Waals surface area contributed by atoms with E-state index in [2.05, 4.69) is 5.32 Å². The molecule has 25 heavy (non-hydrogen) atoms. The third-order valence-electron chi connectivity index (χ3n) is 4.11. The first-order valence-corrected chi connectivity index (χ1v) is 8.58. The van der Waals surface area contributed by atoms with Crippen molar-refractivity contribution in [3.8, 4) is 5.75 Å². The molecule has 1 atom stereocenters. The average Bonchev–Trinajstić information content (AvgIpc) is 3.12. The van der Waals surface area contributed by atoms with Gasteiger partial charge in [-0.2, -0.15) is 0 Å². The SMILES string of the molecule is O=C(CCc1cccc(F)c1)Nc1cccc(OCC2CCCO2)c1. The predicted molar refractivity (Wildman–Crippen MR) is 94.3 cm³/mol. The minimum absolute atomic E-state index is 0.111. The highest BCUT2D eigenvalue weighted by Gasteiger charge is 2.16. The summed E-state index contributed by atoms with van der Waals surface area (Å²) in [6.45, 7) is 1.33. The van der Waals surface area contributed by atoms with Crippen LogP contribution in [0, 0.1) is 5.82 Å². The molecule has 132 valence electrons. The molecule has 1 amide bonds. The van der Waals surface area contributed by atoms with Crippen molar-refractivity contribution >= 4 is 11.6 Å². The lowest BCUT2D eigenvalue weighted by molar-refractivity contribution is -0.116. The smallest absolute Gasteiger partial charge is 0.224 e. The molecular weight excluding hydrogens is 321 g/mol. The number of amides is 1. The summed E-state index contributed by atoms with van der Waals surface area (Å²) in [5.74, 6) is 0.313. The van der Waals surface area contributed by atoms with Gasteiger partial charge in [0.1, 0.15) is 18.2 Å². The van der Waals surface area contributed by atoms with E-state index in [1.165, 1.54) is 12.1 Å². The van der Waals surface area contributed by atoms with Crippen LogP contribution in [0.15, 0.2) is 48.5 Å². The van der Waals surface area contributed by atoms with E-state index in [-0.39, 0.29) is 17.8 Å². The van der Waals surface area contributed by atoms with Crippen LogP contribution in [-0.4, -0.2) is 25.2 Å². The van der Waals surface area contributed by atoms with Gasteiger partial charge in [-0.1, -0.05) is 18.2 Å². The number of anilines is 1. The minimum atomic E-state index is -0.283. The molecule has 1 unspecified atom stereocenters. The van der Waals surface area contributed by atoms with Crippen LogP contribution in [0.1, 0.15) is 24.8 Å². The van der Waals surface area contributed by atoms with E-state index < -0.39 is 0 Å². The van der Waals surface area contributed by atoms with Gasteiger partial charge in [-0.3, -0.25) is 4.79 Å². The number of hydrogen-bond donors (Lipinski definition) is 1. The third-order valence-corrected chi connectivity index (χ3v) is 4.11. The average molecular weight is 343 g/mol. The Balaban J connectivity index is 1.48. The van der Waals surface area contributed by atoms with Gasteiger partial charge in [0.05, 0.1) is 6.10 Å². The van der Waals surface area contributed by atoms with Gasteiger partial charge in [-0.05, 0) is 49.1 Å². The number of carbonyl (C=O) groups excluding carboxylic acids is 1. The summed E-state index contributed by atoms with van der Waals surface area (Å²) in [5, 5.41) is 2.85. The first kappa shape index (κ1) is 17.4. The largest absolute Gasteiger partial charge is 0.491 e. The molecule has 0 saturated carbocycles.